The maximum absolute atomic E-state index is 12.7. The molecule has 1 saturated carbocycles. The number of carbonyl (C=O) groups is 1. The average molecular weight is 320 g/mol. The van der Waals surface area contributed by atoms with Crippen molar-refractivity contribution in [3.63, 3.8) is 0 Å². The topological polar surface area (TPSA) is 62.7 Å². The number of carbonyl (C=O) groups excluding carboxylic acids is 1. The minimum absolute atomic E-state index is 0.0213. The Kier molecular flexibility index (Phi) is 6.39. The highest BCUT2D eigenvalue weighted by Crippen LogP contribution is 2.23. The molecule has 1 fully saturated rings. The van der Waals surface area contributed by atoms with Crippen LogP contribution in [0.2, 0.25) is 0 Å². The number of hydrogen-bond donors (Lipinski definition) is 1. The maximum atomic E-state index is 12.7. The van der Waals surface area contributed by atoms with E-state index < -0.39 is 6.10 Å². The van der Waals surface area contributed by atoms with E-state index in [-0.39, 0.29) is 18.1 Å². The number of pyridine rings is 1. The summed E-state index contributed by atoms with van der Waals surface area (Å²) in [6, 6.07) is 3.44. The van der Waals surface area contributed by atoms with E-state index in [9.17, 15) is 9.90 Å². The Morgan fingerprint density at radius 1 is 1.35 bits per heavy atom. The lowest BCUT2D eigenvalue weighted by atomic mass is 9.98. The van der Waals surface area contributed by atoms with Crippen molar-refractivity contribution < 1.29 is 14.6 Å². The largest absolute Gasteiger partial charge is 0.474 e. The van der Waals surface area contributed by atoms with Gasteiger partial charge >= 0.3 is 0 Å². The summed E-state index contributed by atoms with van der Waals surface area (Å²) in [5, 5.41) is 9.61. The fourth-order valence-electron chi connectivity index (χ4n) is 2.94. The Balaban J connectivity index is 2.09. The fraction of sp³-hybridized carbons (Fsp3) is 0.667. The first-order valence-corrected chi connectivity index (χ1v) is 8.59. The molecule has 0 radical (unpaired) electrons. The molecular weight excluding hydrogens is 292 g/mol. The maximum Gasteiger partial charge on any atom is 0.254 e. The smallest absolute Gasteiger partial charge is 0.254 e. The van der Waals surface area contributed by atoms with Crippen molar-refractivity contribution in [2.75, 3.05) is 6.54 Å². The zero-order valence-corrected chi connectivity index (χ0v) is 14.4. The standard InChI is InChI=1S/C18H28N2O3/c1-13(2)20(12-14(3)21)18(22)15-9-10-19-17(11-15)23-16-7-5-4-6-8-16/h9-11,13-14,16,21H,4-8,12H2,1-3H3. The van der Waals surface area contributed by atoms with Crippen molar-refractivity contribution in [3.05, 3.63) is 23.9 Å². The summed E-state index contributed by atoms with van der Waals surface area (Å²) < 4.78 is 5.94. The average Bonchev–Trinajstić information content (AvgIpc) is 2.53. The molecule has 0 saturated heterocycles. The summed E-state index contributed by atoms with van der Waals surface area (Å²) in [7, 11) is 0. The Bertz CT molecular complexity index is 511. The molecule has 0 aromatic carbocycles. The third-order valence-corrected chi connectivity index (χ3v) is 4.17. The van der Waals surface area contributed by atoms with Crippen molar-refractivity contribution in [3.8, 4) is 5.88 Å². The van der Waals surface area contributed by atoms with E-state index in [2.05, 4.69) is 4.98 Å². The van der Waals surface area contributed by atoms with Gasteiger partial charge in [0.25, 0.3) is 5.91 Å². The molecule has 1 unspecified atom stereocenters. The number of rotatable bonds is 6. The highest BCUT2D eigenvalue weighted by molar-refractivity contribution is 5.94. The van der Waals surface area contributed by atoms with Crippen LogP contribution in [0.25, 0.3) is 0 Å². The number of ether oxygens (including phenoxy) is 1. The number of aromatic nitrogens is 1. The minimum atomic E-state index is -0.554. The zero-order chi connectivity index (χ0) is 16.8. The lowest BCUT2D eigenvalue weighted by molar-refractivity contribution is 0.0577. The summed E-state index contributed by atoms with van der Waals surface area (Å²) in [5.74, 6) is 0.417. The van der Waals surface area contributed by atoms with Gasteiger partial charge in [0, 0.05) is 30.4 Å². The molecule has 0 bridgehead atoms. The lowest BCUT2D eigenvalue weighted by Gasteiger charge is -2.28. The Labute approximate surface area is 138 Å². The molecular formula is C18H28N2O3. The predicted molar refractivity (Wildman–Crippen MR) is 89.6 cm³/mol. The van der Waals surface area contributed by atoms with Crippen molar-refractivity contribution >= 4 is 5.91 Å². The van der Waals surface area contributed by atoms with Crippen LogP contribution in [-0.2, 0) is 0 Å². The van der Waals surface area contributed by atoms with Gasteiger partial charge in [-0.2, -0.15) is 0 Å². The van der Waals surface area contributed by atoms with E-state index in [1.54, 1.807) is 30.2 Å². The van der Waals surface area contributed by atoms with Crippen LogP contribution in [0.5, 0.6) is 5.88 Å². The van der Waals surface area contributed by atoms with E-state index >= 15 is 0 Å². The molecule has 1 N–H and O–H groups in total. The first-order chi connectivity index (χ1) is 11.0. The fourth-order valence-corrected chi connectivity index (χ4v) is 2.94. The lowest BCUT2D eigenvalue weighted by Crippen LogP contribution is -2.41. The molecule has 0 spiro atoms. The van der Waals surface area contributed by atoms with E-state index in [1.807, 2.05) is 13.8 Å². The van der Waals surface area contributed by atoms with Gasteiger partial charge in [-0.05, 0) is 52.5 Å². The molecule has 5 heteroatoms. The number of aliphatic hydroxyl groups is 1. The van der Waals surface area contributed by atoms with Crippen LogP contribution in [0.4, 0.5) is 0 Å². The third-order valence-electron chi connectivity index (χ3n) is 4.17. The van der Waals surface area contributed by atoms with Crippen molar-refractivity contribution in [1.29, 1.82) is 0 Å². The Morgan fingerprint density at radius 2 is 2.04 bits per heavy atom. The van der Waals surface area contributed by atoms with Gasteiger partial charge in [0.15, 0.2) is 0 Å². The van der Waals surface area contributed by atoms with Gasteiger partial charge in [0.1, 0.15) is 6.10 Å². The van der Waals surface area contributed by atoms with Crippen LogP contribution >= 0.6 is 0 Å². The van der Waals surface area contributed by atoms with Crippen molar-refractivity contribution in [2.24, 2.45) is 0 Å². The van der Waals surface area contributed by atoms with E-state index in [4.69, 9.17) is 4.74 Å². The normalized spacial score (nSPS) is 17.1. The second kappa shape index (κ2) is 8.29. The first kappa shape index (κ1) is 17.7. The number of aliphatic hydroxyl groups excluding tert-OH is 1. The Hall–Kier alpha value is -1.62. The molecule has 1 amide bonds. The molecule has 23 heavy (non-hydrogen) atoms. The van der Waals surface area contributed by atoms with Gasteiger partial charge < -0.3 is 14.7 Å². The molecule has 1 atom stereocenters. The van der Waals surface area contributed by atoms with E-state index in [0.717, 1.165) is 12.8 Å². The summed E-state index contributed by atoms with van der Waals surface area (Å²) in [5.41, 5.74) is 0.556. The molecule has 128 valence electrons. The molecule has 1 aromatic rings. The number of hydrogen-bond acceptors (Lipinski definition) is 4. The summed E-state index contributed by atoms with van der Waals surface area (Å²) >= 11 is 0. The monoisotopic (exact) mass is 320 g/mol. The highest BCUT2D eigenvalue weighted by atomic mass is 16.5. The molecule has 5 nitrogen and oxygen atoms in total. The van der Waals surface area contributed by atoms with Gasteiger partial charge in [-0.25, -0.2) is 4.98 Å². The number of amides is 1. The summed E-state index contributed by atoms with van der Waals surface area (Å²) in [6.07, 6.45) is 7.04. The molecule has 2 rings (SSSR count). The van der Waals surface area contributed by atoms with Gasteiger partial charge in [-0.3, -0.25) is 4.79 Å². The van der Waals surface area contributed by atoms with Gasteiger partial charge in [0.05, 0.1) is 6.10 Å². The van der Waals surface area contributed by atoms with Crippen molar-refractivity contribution in [1.82, 2.24) is 9.88 Å². The van der Waals surface area contributed by atoms with Crippen molar-refractivity contribution in [2.45, 2.75) is 71.1 Å². The summed E-state index contributed by atoms with van der Waals surface area (Å²) in [4.78, 5) is 18.6. The van der Waals surface area contributed by atoms with Crippen LogP contribution in [0, 0.1) is 0 Å². The second-order valence-electron chi connectivity index (χ2n) is 6.66. The molecule has 0 aliphatic heterocycles. The first-order valence-electron chi connectivity index (χ1n) is 8.59. The molecule has 1 aliphatic carbocycles. The van der Waals surface area contributed by atoms with Gasteiger partial charge in [-0.1, -0.05) is 6.42 Å². The minimum Gasteiger partial charge on any atom is -0.474 e. The van der Waals surface area contributed by atoms with Crippen LogP contribution in [0.15, 0.2) is 18.3 Å². The quantitative estimate of drug-likeness (QED) is 0.875. The van der Waals surface area contributed by atoms with E-state index in [1.165, 1.54) is 19.3 Å². The second-order valence-corrected chi connectivity index (χ2v) is 6.66. The van der Waals surface area contributed by atoms with Crippen LogP contribution in [-0.4, -0.2) is 45.7 Å². The van der Waals surface area contributed by atoms with Gasteiger partial charge in [0.2, 0.25) is 5.88 Å². The van der Waals surface area contributed by atoms with Gasteiger partial charge in [-0.15, -0.1) is 0 Å². The predicted octanol–water partition coefficient (Wildman–Crippen LogP) is 3.02. The summed E-state index contributed by atoms with van der Waals surface area (Å²) in [6.45, 7) is 5.90. The van der Waals surface area contributed by atoms with Crippen LogP contribution < -0.4 is 4.74 Å². The number of nitrogens with zero attached hydrogens (tertiary/aromatic N) is 2. The van der Waals surface area contributed by atoms with Crippen LogP contribution in [0.3, 0.4) is 0 Å². The highest BCUT2D eigenvalue weighted by Gasteiger charge is 2.22. The Morgan fingerprint density at radius 3 is 2.65 bits per heavy atom. The molecule has 1 aliphatic rings. The van der Waals surface area contributed by atoms with Crippen LogP contribution in [0.1, 0.15) is 63.2 Å². The third kappa shape index (κ3) is 5.20. The molecule has 1 heterocycles. The zero-order valence-electron chi connectivity index (χ0n) is 14.4. The SMILES string of the molecule is CC(O)CN(C(=O)c1ccnc(OC2CCCCC2)c1)C(C)C. The molecule has 1 aromatic heterocycles. The van der Waals surface area contributed by atoms with E-state index in [0.29, 0.717) is 18.0 Å².